The molecule has 1 nitrogen and oxygen atoms in total. The van der Waals surface area contributed by atoms with Crippen molar-refractivity contribution in [1.82, 2.24) is 4.98 Å². The van der Waals surface area contributed by atoms with Crippen LogP contribution in [-0.4, -0.2) is 10.9 Å². The molecule has 0 saturated carbocycles. The van der Waals surface area contributed by atoms with Crippen LogP contribution in [0, 0.1) is 11.8 Å². The predicted octanol–water partition coefficient (Wildman–Crippen LogP) is 2.33. The zero-order valence-corrected chi connectivity index (χ0v) is 7.15. The molecule has 1 rings (SSSR count). The lowest BCUT2D eigenvalue weighted by atomic mass is 10.3. The van der Waals surface area contributed by atoms with E-state index < -0.39 is 0 Å². The number of halogens is 2. The van der Waals surface area contributed by atoms with Gasteiger partial charge >= 0.3 is 0 Å². The van der Waals surface area contributed by atoms with Crippen molar-refractivity contribution in [3.8, 4) is 11.8 Å². The van der Waals surface area contributed by atoms with Gasteiger partial charge in [0.1, 0.15) is 5.69 Å². The Morgan fingerprint density at radius 2 is 2.36 bits per heavy atom. The lowest BCUT2D eigenvalue weighted by Gasteiger charge is -1.90. The minimum atomic E-state index is 0.299. The van der Waals surface area contributed by atoms with Crippen LogP contribution in [0.2, 0.25) is 5.02 Å². The van der Waals surface area contributed by atoms with E-state index in [1.807, 2.05) is 0 Å². The summed E-state index contributed by atoms with van der Waals surface area (Å²) in [6.45, 7) is 0. The van der Waals surface area contributed by atoms with Gasteiger partial charge in [-0.3, -0.25) is 0 Å². The van der Waals surface area contributed by atoms with Crippen molar-refractivity contribution in [1.29, 1.82) is 0 Å². The topological polar surface area (TPSA) is 12.9 Å². The van der Waals surface area contributed by atoms with Gasteiger partial charge in [0.25, 0.3) is 0 Å². The molecule has 56 valence electrons. The van der Waals surface area contributed by atoms with Crippen LogP contribution in [0.25, 0.3) is 0 Å². The number of aromatic nitrogens is 1. The van der Waals surface area contributed by atoms with Gasteiger partial charge in [-0.1, -0.05) is 17.5 Å². The largest absolute Gasteiger partial charge is 0.246 e. The van der Waals surface area contributed by atoms with Gasteiger partial charge in [0.2, 0.25) is 0 Å². The number of nitrogens with zero attached hydrogens (tertiary/aromatic N) is 1. The van der Waals surface area contributed by atoms with Crippen molar-refractivity contribution in [2.24, 2.45) is 0 Å². The van der Waals surface area contributed by atoms with Crippen molar-refractivity contribution in [2.45, 2.75) is 0 Å². The first-order valence-corrected chi connectivity index (χ1v) is 3.91. The molecule has 0 N–H and O–H groups in total. The highest BCUT2D eigenvalue weighted by molar-refractivity contribution is 6.31. The summed E-state index contributed by atoms with van der Waals surface area (Å²) in [4.78, 5) is 3.95. The third kappa shape index (κ3) is 2.42. The van der Waals surface area contributed by atoms with Crippen LogP contribution in [0.15, 0.2) is 18.3 Å². The fourth-order valence-electron chi connectivity index (χ4n) is 0.595. The molecule has 0 amide bonds. The summed E-state index contributed by atoms with van der Waals surface area (Å²) in [5.74, 6) is 5.71. The third-order valence-electron chi connectivity index (χ3n) is 1.03. The molecule has 0 bridgehead atoms. The van der Waals surface area contributed by atoms with Gasteiger partial charge in [0.15, 0.2) is 0 Å². The first-order valence-electron chi connectivity index (χ1n) is 3.00. The highest BCUT2D eigenvalue weighted by Crippen LogP contribution is 2.09. The molecule has 0 aliphatic carbocycles. The van der Waals surface area contributed by atoms with E-state index in [0.29, 0.717) is 16.6 Å². The van der Waals surface area contributed by atoms with Crippen LogP contribution in [-0.2, 0) is 0 Å². The highest BCUT2D eigenvalue weighted by Gasteiger charge is 1.93. The maximum absolute atomic E-state index is 5.75. The first kappa shape index (κ1) is 8.39. The Kier molecular flexibility index (Phi) is 3.22. The van der Waals surface area contributed by atoms with Gasteiger partial charge in [-0.15, -0.1) is 11.6 Å². The summed E-state index contributed by atoms with van der Waals surface area (Å²) < 4.78 is 0. The smallest absolute Gasteiger partial charge is 0.131 e. The van der Waals surface area contributed by atoms with E-state index in [4.69, 9.17) is 23.2 Å². The Labute approximate surface area is 75.4 Å². The average molecular weight is 186 g/mol. The summed E-state index contributed by atoms with van der Waals surface area (Å²) >= 11 is 11.1. The molecule has 0 spiro atoms. The highest BCUT2D eigenvalue weighted by atomic mass is 35.5. The molecule has 1 aromatic rings. The van der Waals surface area contributed by atoms with Crippen LogP contribution in [0.3, 0.4) is 0 Å². The van der Waals surface area contributed by atoms with E-state index in [-0.39, 0.29) is 0 Å². The normalized spacial score (nSPS) is 8.55. The zero-order valence-electron chi connectivity index (χ0n) is 5.64. The predicted molar refractivity (Wildman–Crippen MR) is 46.8 cm³/mol. The van der Waals surface area contributed by atoms with Crippen LogP contribution in [0.1, 0.15) is 5.69 Å². The Morgan fingerprint density at radius 3 is 3.00 bits per heavy atom. The van der Waals surface area contributed by atoms with Crippen LogP contribution >= 0.6 is 23.2 Å². The fraction of sp³-hybridized carbons (Fsp3) is 0.125. The summed E-state index contributed by atoms with van der Waals surface area (Å²) in [6.07, 6.45) is 1.64. The molecule has 1 aromatic heterocycles. The minimum Gasteiger partial charge on any atom is -0.246 e. The minimum absolute atomic E-state index is 0.299. The maximum Gasteiger partial charge on any atom is 0.131 e. The number of rotatable bonds is 0. The second-order valence-corrected chi connectivity index (χ2v) is 2.44. The van der Waals surface area contributed by atoms with Gasteiger partial charge in [0, 0.05) is 6.20 Å². The SMILES string of the molecule is ClCC#Cc1ncccc1Cl. The van der Waals surface area contributed by atoms with Gasteiger partial charge < -0.3 is 0 Å². The summed E-state index contributed by atoms with van der Waals surface area (Å²) in [7, 11) is 0. The Morgan fingerprint density at radius 1 is 1.55 bits per heavy atom. The molecule has 0 aromatic carbocycles. The Hall–Kier alpha value is -0.710. The van der Waals surface area contributed by atoms with Gasteiger partial charge in [-0.05, 0) is 18.1 Å². The summed E-state index contributed by atoms with van der Waals surface area (Å²) in [5, 5.41) is 0.560. The van der Waals surface area contributed by atoms with E-state index in [1.165, 1.54) is 0 Å². The standard InChI is InChI=1S/C8H5Cl2N/c9-5-1-4-8-7(10)3-2-6-11-8/h2-3,6H,5H2. The second kappa shape index (κ2) is 4.23. The van der Waals surface area contributed by atoms with E-state index in [1.54, 1.807) is 18.3 Å². The fourth-order valence-corrected chi connectivity index (χ4v) is 0.830. The van der Waals surface area contributed by atoms with E-state index >= 15 is 0 Å². The monoisotopic (exact) mass is 185 g/mol. The van der Waals surface area contributed by atoms with Crippen LogP contribution in [0.4, 0.5) is 0 Å². The van der Waals surface area contributed by atoms with Gasteiger partial charge in [-0.2, -0.15) is 0 Å². The van der Waals surface area contributed by atoms with Crippen molar-refractivity contribution in [3.63, 3.8) is 0 Å². The number of alkyl halides is 1. The molecule has 0 aliphatic heterocycles. The summed E-state index contributed by atoms with van der Waals surface area (Å²) in [6, 6.07) is 3.50. The molecule has 0 radical (unpaired) electrons. The number of pyridine rings is 1. The molecule has 1 heterocycles. The quantitative estimate of drug-likeness (QED) is 0.447. The van der Waals surface area contributed by atoms with Crippen molar-refractivity contribution in [2.75, 3.05) is 5.88 Å². The Balaban J connectivity index is 2.95. The molecule has 0 atom stereocenters. The molecule has 0 unspecified atom stereocenters. The second-order valence-electron chi connectivity index (χ2n) is 1.77. The molecule has 3 heteroatoms. The summed E-state index contributed by atoms with van der Waals surface area (Å²) in [5.41, 5.74) is 0.579. The Bertz CT molecular complexity index is 298. The van der Waals surface area contributed by atoms with Gasteiger partial charge in [0.05, 0.1) is 10.9 Å². The number of hydrogen-bond acceptors (Lipinski definition) is 1. The molecular weight excluding hydrogens is 181 g/mol. The molecule has 0 fully saturated rings. The molecular formula is C8H5Cl2N. The molecule has 0 saturated heterocycles. The first-order chi connectivity index (χ1) is 5.34. The van der Waals surface area contributed by atoms with E-state index in [0.717, 1.165) is 0 Å². The average Bonchev–Trinajstić information content (AvgIpc) is 2.03. The zero-order chi connectivity index (χ0) is 8.10. The van der Waals surface area contributed by atoms with E-state index in [9.17, 15) is 0 Å². The maximum atomic E-state index is 5.75. The molecule has 0 aliphatic rings. The van der Waals surface area contributed by atoms with Crippen LogP contribution in [0.5, 0.6) is 0 Å². The molecule has 11 heavy (non-hydrogen) atoms. The van der Waals surface area contributed by atoms with Crippen LogP contribution < -0.4 is 0 Å². The van der Waals surface area contributed by atoms with E-state index in [2.05, 4.69) is 16.8 Å². The third-order valence-corrected chi connectivity index (χ3v) is 1.47. The van der Waals surface area contributed by atoms with Crippen molar-refractivity contribution >= 4 is 23.2 Å². The number of hydrogen-bond donors (Lipinski definition) is 0. The van der Waals surface area contributed by atoms with Gasteiger partial charge in [-0.25, -0.2) is 4.98 Å². The van der Waals surface area contributed by atoms with Crippen molar-refractivity contribution in [3.05, 3.63) is 29.0 Å². The van der Waals surface area contributed by atoms with Crippen molar-refractivity contribution < 1.29 is 0 Å². The lowest BCUT2D eigenvalue weighted by Crippen LogP contribution is -1.81. The lowest BCUT2D eigenvalue weighted by molar-refractivity contribution is 1.29.